The van der Waals surface area contributed by atoms with Gasteiger partial charge >= 0.3 is 11.9 Å². The third-order valence-corrected chi connectivity index (χ3v) is 4.29. The van der Waals surface area contributed by atoms with Gasteiger partial charge in [0, 0.05) is 6.07 Å². The zero-order chi connectivity index (χ0) is 19.9. The number of hydrogen-bond donors (Lipinski definition) is 1. The van der Waals surface area contributed by atoms with Crippen LogP contribution in [0.5, 0.6) is 0 Å². The molecular weight excluding hydrogens is 377 g/mol. The second-order valence-electron chi connectivity index (χ2n) is 5.74. The summed E-state index contributed by atoms with van der Waals surface area (Å²) < 4.78 is 77.8. The summed E-state index contributed by atoms with van der Waals surface area (Å²) in [5.74, 6) is -6.56. The molecule has 144 valence electrons. The van der Waals surface area contributed by atoms with Crippen LogP contribution in [0.25, 0.3) is 0 Å². The Morgan fingerprint density at radius 1 is 1.37 bits per heavy atom. The molecular formula is C17H12F5NO4. The highest BCUT2D eigenvalue weighted by Crippen LogP contribution is 2.45. The first-order valence-corrected chi connectivity index (χ1v) is 7.61. The smallest absolute Gasteiger partial charge is 0.337 e. The lowest BCUT2D eigenvalue weighted by Gasteiger charge is -2.29. The quantitative estimate of drug-likeness (QED) is 0.634. The molecule has 0 radical (unpaired) electrons. The van der Waals surface area contributed by atoms with Gasteiger partial charge in [-0.25, -0.2) is 31.5 Å². The van der Waals surface area contributed by atoms with Gasteiger partial charge in [-0.05, 0) is 11.6 Å². The fourth-order valence-electron chi connectivity index (χ4n) is 3.22. The molecule has 2 aliphatic heterocycles. The van der Waals surface area contributed by atoms with Crippen molar-refractivity contribution >= 4 is 11.9 Å². The summed E-state index contributed by atoms with van der Waals surface area (Å²) in [5.41, 5.74) is -3.07. The van der Waals surface area contributed by atoms with Gasteiger partial charge in [0.1, 0.15) is 24.9 Å². The number of ether oxygens (including phenoxy) is 2. The molecule has 0 spiro atoms. The van der Waals surface area contributed by atoms with Crippen LogP contribution in [-0.2, 0) is 19.1 Å². The first-order chi connectivity index (χ1) is 12.8. The van der Waals surface area contributed by atoms with Crippen molar-refractivity contribution in [2.45, 2.75) is 12.3 Å². The Kier molecular flexibility index (Phi) is 4.90. The Hall–Kier alpha value is -2.91. The number of methoxy groups -OCH3 is 1. The maximum Gasteiger partial charge on any atom is 0.337 e. The van der Waals surface area contributed by atoms with E-state index in [1.165, 1.54) is 0 Å². The Morgan fingerprint density at radius 3 is 2.67 bits per heavy atom. The van der Waals surface area contributed by atoms with Crippen molar-refractivity contribution in [2.24, 2.45) is 0 Å². The van der Waals surface area contributed by atoms with Crippen molar-refractivity contribution in [3.63, 3.8) is 0 Å². The molecule has 0 saturated heterocycles. The van der Waals surface area contributed by atoms with Gasteiger partial charge in [0.15, 0.2) is 0 Å². The number of dihydropyridines is 1. The number of carbonyl (C=O) groups excluding carboxylic acids is 2. The van der Waals surface area contributed by atoms with Gasteiger partial charge in [-0.15, -0.1) is 0 Å². The molecule has 1 aromatic rings. The Balaban J connectivity index is 2.35. The van der Waals surface area contributed by atoms with Crippen LogP contribution in [0.1, 0.15) is 23.5 Å². The summed E-state index contributed by atoms with van der Waals surface area (Å²) in [6, 6.07) is 0.835. The van der Waals surface area contributed by atoms with E-state index < -0.39 is 59.3 Å². The normalized spacial score (nSPS) is 19.2. The van der Waals surface area contributed by atoms with Crippen molar-refractivity contribution < 1.29 is 41.0 Å². The van der Waals surface area contributed by atoms with Crippen LogP contribution in [0.15, 0.2) is 34.7 Å². The number of cyclic esters (lactones) is 1. The van der Waals surface area contributed by atoms with E-state index in [1.807, 2.05) is 0 Å². The molecule has 10 heteroatoms. The van der Waals surface area contributed by atoms with Gasteiger partial charge < -0.3 is 14.8 Å². The third kappa shape index (κ3) is 3.04. The minimum absolute atomic E-state index is 0.0233. The first-order valence-electron chi connectivity index (χ1n) is 7.61. The van der Waals surface area contributed by atoms with E-state index in [4.69, 9.17) is 4.74 Å². The zero-order valence-corrected chi connectivity index (χ0v) is 13.7. The number of esters is 2. The first kappa shape index (κ1) is 18.9. The van der Waals surface area contributed by atoms with E-state index >= 15 is 0 Å². The van der Waals surface area contributed by atoms with Crippen LogP contribution in [0.4, 0.5) is 22.0 Å². The van der Waals surface area contributed by atoms with Crippen molar-refractivity contribution in [2.75, 3.05) is 20.4 Å². The van der Waals surface area contributed by atoms with Gasteiger partial charge in [0.05, 0.1) is 41.1 Å². The Labute approximate surface area is 149 Å². The average molecular weight is 389 g/mol. The molecule has 27 heavy (non-hydrogen) atoms. The molecule has 0 saturated carbocycles. The topological polar surface area (TPSA) is 64.6 Å². The Morgan fingerprint density at radius 2 is 2.07 bits per heavy atom. The fourth-order valence-corrected chi connectivity index (χ4v) is 3.22. The number of hydrogen-bond acceptors (Lipinski definition) is 5. The number of halogens is 5. The lowest BCUT2D eigenvalue weighted by atomic mass is 9.78. The van der Waals surface area contributed by atoms with E-state index in [9.17, 15) is 31.5 Å². The summed E-state index contributed by atoms with van der Waals surface area (Å²) in [7, 11) is 0.958. The lowest BCUT2D eigenvalue weighted by molar-refractivity contribution is -0.136. The summed E-state index contributed by atoms with van der Waals surface area (Å²) in [6.07, 6.45) is -3.38. The highest BCUT2D eigenvalue weighted by molar-refractivity contribution is 6.01. The van der Waals surface area contributed by atoms with E-state index in [2.05, 4.69) is 10.1 Å². The Bertz CT molecular complexity index is 894. The SMILES string of the molecule is COC(=O)C1=C(CF)NC2=C(C(=O)OC2)[C@H]1c1cc(F)cc(F)c1C(F)F. The molecule has 0 bridgehead atoms. The molecule has 0 aliphatic carbocycles. The molecule has 1 aromatic carbocycles. The van der Waals surface area contributed by atoms with E-state index in [0.717, 1.165) is 7.11 Å². The number of benzene rings is 1. The molecule has 1 N–H and O–H groups in total. The highest BCUT2D eigenvalue weighted by Gasteiger charge is 2.44. The number of carbonyl (C=O) groups is 2. The van der Waals surface area contributed by atoms with E-state index in [0.29, 0.717) is 6.07 Å². The fraction of sp³-hybridized carbons (Fsp3) is 0.294. The monoisotopic (exact) mass is 389 g/mol. The number of rotatable bonds is 4. The molecule has 0 fully saturated rings. The molecule has 0 amide bonds. The number of allylic oxidation sites excluding steroid dienone is 1. The lowest BCUT2D eigenvalue weighted by Crippen LogP contribution is -2.32. The minimum atomic E-state index is -3.38. The van der Waals surface area contributed by atoms with Crippen molar-refractivity contribution in [3.05, 3.63) is 57.4 Å². The second kappa shape index (κ2) is 7.01. The molecule has 0 aromatic heterocycles. The van der Waals surface area contributed by atoms with Crippen LogP contribution in [0.3, 0.4) is 0 Å². The van der Waals surface area contributed by atoms with E-state index in [1.54, 1.807) is 0 Å². The van der Waals surface area contributed by atoms with Gasteiger partial charge in [-0.2, -0.15) is 0 Å². The number of nitrogens with one attached hydrogen (secondary N) is 1. The van der Waals surface area contributed by atoms with Crippen molar-refractivity contribution in [1.82, 2.24) is 5.32 Å². The van der Waals surface area contributed by atoms with Gasteiger partial charge in [0.2, 0.25) is 0 Å². The van der Waals surface area contributed by atoms with Crippen LogP contribution in [0.2, 0.25) is 0 Å². The van der Waals surface area contributed by atoms with Crippen LogP contribution >= 0.6 is 0 Å². The molecule has 5 nitrogen and oxygen atoms in total. The van der Waals surface area contributed by atoms with Crippen molar-refractivity contribution in [3.8, 4) is 0 Å². The zero-order valence-electron chi connectivity index (χ0n) is 13.7. The largest absolute Gasteiger partial charge is 0.466 e. The highest BCUT2D eigenvalue weighted by atomic mass is 19.3. The molecule has 2 heterocycles. The van der Waals surface area contributed by atoms with Gasteiger partial charge in [-0.1, -0.05) is 0 Å². The van der Waals surface area contributed by atoms with Gasteiger partial charge in [0.25, 0.3) is 6.43 Å². The molecule has 1 atom stereocenters. The van der Waals surface area contributed by atoms with Crippen LogP contribution in [0, 0.1) is 11.6 Å². The van der Waals surface area contributed by atoms with Gasteiger partial charge in [-0.3, -0.25) is 0 Å². The maximum atomic E-state index is 14.1. The summed E-state index contributed by atoms with van der Waals surface area (Å²) >= 11 is 0. The minimum Gasteiger partial charge on any atom is -0.466 e. The summed E-state index contributed by atoms with van der Waals surface area (Å²) in [4.78, 5) is 24.4. The maximum absolute atomic E-state index is 14.1. The van der Waals surface area contributed by atoms with Crippen molar-refractivity contribution in [1.29, 1.82) is 0 Å². The molecule has 2 aliphatic rings. The average Bonchev–Trinajstić information content (AvgIpc) is 2.99. The summed E-state index contributed by atoms with van der Waals surface area (Å²) in [5, 5.41) is 2.50. The second-order valence-corrected chi connectivity index (χ2v) is 5.74. The molecule has 0 unspecified atom stereocenters. The number of alkyl halides is 3. The summed E-state index contributed by atoms with van der Waals surface area (Å²) in [6.45, 7) is -1.57. The third-order valence-electron chi connectivity index (χ3n) is 4.29. The van der Waals surface area contributed by atoms with Crippen LogP contribution < -0.4 is 5.32 Å². The predicted octanol–water partition coefficient (Wildman–Crippen LogP) is 2.80. The van der Waals surface area contributed by atoms with Crippen LogP contribution in [-0.4, -0.2) is 32.3 Å². The molecule has 3 rings (SSSR count). The standard InChI is InChI=1S/C17H12F5NO4/c1-26-16(24)13-9(4-18)23-10-5-27-17(25)14(10)12(13)7-2-6(19)3-8(20)11(7)15(21)22/h2-3,12,15,23H,4-5H2,1H3/t12-/m0/s1. The van der Waals surface area contributed by atoms with E-state index in [-0.39, 0.29) is 29.6 Å². The predicted molar refractivity (Wildman–Crippen MR) is 80.2 cm³/mol.